The third kappa shape index (κ3) is 6.31. The van der Waals surface area contributed by atoms with Crippen molar-refractivity contribution in [1.82, 2.24) is 9.88 Å². The van der Waals surface area contributed by atoms with Crippen molar-refractivity contribution < 1.29 is 27.9 Å². The Hall–Kier alpha value is -4.31. The zero-order chi connectivity index (χ0) is 31.5. The van der Waals surface area contributed by atoms with Crippen LogP contribution in [0.15, 0.2) is 54.2 Å². The van der Waals surface area contributed by atoms with Crippen LogP contribution in [0.2, 0.25) is 5.02 Å². The molecule has 0 saturated carbocycles. The number of anilines is 2. The fourth-order valence-corrected chi connectivity index (χ4v) is 6.02. The summed E-state index contributed by atoms with van der Waals surface area (Å²) in [5.74, 6) is -2.39. The summed E-state index contributed by atoms with van der Waals surface area (Å²) in [5, 5.41) is 5.44. The van der Waals surface area contributed by atoms with Gasteiger partial charge >= 0.3 is 6.09 Å². The number of halogens is 3. The van der Waals surface area contributed by atoms with Gasteiger partial charge in [0.25, 0.3) is 0 Å². The minimum atomic E-state index is -0.875. The number of carbonyl (C=O) groups is 3. The first-order valence-corrected chi connectivity index (χ1v) is 14.9. The third-order valence-electron chi connectivity index (χ3n) is 8.31. The van der Waals surface area contributed by atoms with E-state index in [9.17, 15) is 23.2 Å². The number of pyridine rings is 1. The van der Waals surface area contributed by atoms with E-state index in [1.165, 1.54) is 7.11 Å². The maximum absolute atomic E-state index is 14.9. The summed E-state index contributed by atoms with van der Waals surface area (Å²) < 4.78 is 34.4. The van der Waals surface area contributed by atoms with Gasteiger partial charge < -0.3 is 15.0 Å². The smallest absolute Gasteiger partial charge is 0.411 e. The highest BCUT2D eigenvalue weighted by Gasteiger charge is 2.34. The average molecular weight is 623 g/mol. The number of ether oxygens (including phenoxy) is 1. The molecule has 0 saturated heterocycles. The zero-order valence-electron chi connectivity index (χ0n) is 24.7. The van der Waals surface area contributed by atoms with Gasteiger partial charge in [-0.05, 0) is 73.7 Å². The molecule has 2 aliphatic rings. The lowest BCUT2D eigenvalue weighted by molar-refractivity contribution is -0.130. The average Bonchev–Trinajstić information content (AvgIpc) is 3.01. The Kier molecular flexibility index (Phi) is 9.29. The van der Waals surface area contributed by atoms with Gasteiger partial charge in [0.1, 0.15) is 5.82 Å². The molecule has 3 aromatic rings. The zero-order valence-corrected chi connectivity index (χ0v) is 25.4. The third-order valence-corrected chi connectivity index (χ3v) is 8.61. The molecule has 0 fully saturated rings. The second kappa shape index (κ2) is 13.1. The first-order chi connectivity index (χ1) is 21.1. The highest BCUT2D eigenvalue weighted by atomic mass is 35.5. The van der Waals surface area contributed by atoms with Crippen LogP contribution in [0.25, 0.3) is 16.7 Å². The molecule has 3 heterocycles. The number of aromatic nitrogens is 1. The molecule has 2 atom stereocenters. The van der Waals surface area contributed by atoms with E-state index in [0.29, 0.717) is 41.0 Å². The van der Waals surface area contributed by atoms with E-state index in [1.807, 2.05) is 19.1 Å². The molecule has 2 aromatic carbocycles. The first kappa shape index (κ1) is 31.1. The van der Waals surface area contributed by atoms with Crippen molar-refractivity contribution in [3.8, 4) is 11.1 Å². The number of nitrogens with one attached hydrogen (secondary N) is 2. The molecule has 2 aliphatic heterocycles. The van der Waals surface area contributed by atoms with Crippen LogP contribution < -0.4 is 10.6 Å². The molecule has 5 rings (SSSR count). The van der Waals surface area contributed by atoms with Gasteiger partial charge in [-0.1, -0.05) is 37.4 Å². The molecule has 8 nitrogen and oxygen atoms in total. The van der Waals surface area contributed by atoms with Gasteiger partial charge in [0.15, 0.2) is 5.82 Å². The largest absolute Gasteiger partial charge is 0.453 e. The second-order valence-corrected chi connectivity index (χ2v) is 11.5. The molecule has 2 bridgehead atoms. The number of rotatable bonds is 3. The number of nitrogens with zero attached hydrogens (tertiary/aromatic N) is 2. The van der Waals surface area contributed by atoms with E-state index in [4.69, 9.17) is 16.3 Å². The minimum absolute atomic E-state index is 0.147. The van der Waals surface area contributed by atoms with E-state index < -0.39 is 23.8 Å². The summed E-state index contributed by atoms with van der Waals surface area (Å²) in [6, 6.07) is 10.7. The normalized spacial score (nSPS) is 19.3. The van der Waals surface area contributed by atoms with Crippen LogP contribution in [0.5, 0.6) is 0 Å². The molecule has 0 spiro atoms. The summed E-state index contributed by atoms with van der Waals surface area (Å²) in [6.07, 6.45) is 3.95. The van der Waals surface area contributed by atoms with Crippen LogP contribution in [0, 0.1) is 17.6 Å². The van der Waals surface area contributed by atoms with Gasteiger partial charge in [-0.2, -0.15) is 0 Å². The predicted molar refractivity (Wildman–Crippen MR) is 165 cm³/mol. The predicted octanol–water partition coefficient (Wildman–Crippen LogP) is 7.75. The van der Waals surface area contributed by atoms with Crippen LogP contribution in [0.4, 0.5) is 25.0 Å². The summed E-state index contributed by atoms with van der Waals surface area (Å²) in [7, 11) is 1.27. The number of hydrogen-bond donors (Lipinski definition) is 2. The first-order valence-electron chi connectivity index (χ1n) is 14.5. The van der Waals surface area contributed by atoms with Gasteiger partial charge in [0.2, 0.25) is 11.8 Å². The maximum Gasteiger partial charge on any atom is 0.411 e. The Morgan fingerprint density at radius 2 is 1.89 bits per heavy atom. The van der Waals surface area contributed by atoms with Gasteiger partial charge in [-0.15, -0.1) is 0 Å². The molecule has 3 amide bonds. The van der Waals surface area contributed by atoms with Crippen LogP contribution in [0.3, 0.4) is 0 Å². The standard InChI is InChI=1S/C33H33ClF2N4O4/c1-18-6-4-5-7-28(40-15-13-22(19(2)32(40)42)29-25(35)11-10-24(34)30(29)36)27-16-20(12-14-37-27)23-9-8-21(38-33(43)44-3)17-26(23)39-31(18)41/h8-12,14,16-18,28H,4-7,13,15H2,1-3H3,(H,38,43)(H,39,41)/t18-,28+/m1/s1. The highest BCUT2D eigenvalue weighted by molar-refractivity contribution is 6.31. The number of fused-ring (bicyclic) bond motifs is 4. The lowest BCUT2D eigenvalue weighted by Crippen LogP contribution is -2.40. The van der Waals surface area contributed by atoms with E-state index in [2.05, 4.69) is 15.6 Å². The van der Waals surface area contributed by atoms with Gasteiger partial charge in [0.05, 0.1) is 35.1 Å². The molecular weight excluding hydrogens is 590 g/mol. The van der Waals surface area contributed by atoms with E-state index in [1.54, 1.807) is 36.2 Å². The van der Waals surface area contributed by atoms with Crippen molar-refractivity contribution in [3.05, 3.63) is 82.1 Å². The molecule has 0 aliphatic carbocycles. The quantitative estimate of drug-likeness (QED) is 0.291. The van der Waals surface area contributed by atoms with Crippen LogP contribution in [-0.2, 0) is 14.3 Å². The van der Waals surface area contributed by atoms with Crippen molar-refractivity contribution in [3.63, 3.8) is 0 Å². The number of carbonyl (C=O) groups excluding carboxylic acids is 3. The minimum Gasteiger partial charge on any atom is -0.453 e. The fraction of sp³-hybridized carbons (Fsp3) is 0.333. The summed E-state index contributed by atoms with van der Waals surface area (Å²) in [6.45, 7) is 3.69. The topological polar surface area (TPSA) is 101 Å². The Labute approximate surface area is 259 Å². The lowest BCUT2D eigenvalue weighted by Gasteiger charge is -2.36. The number of benzene rings is 2. The number of hydrogen-bond acceptors (Lipinski definition) is 5. The summed E-state index contributed by atoms with van der Waals surface area (Å²) in [4.78, 5) is 45.2. The molecule has 0 unspecified atom stereocenters. The van der Waals surface area contributed by atoms with E-state index in [0.717, 1.165) is 30.5 Å². The molecule has 230 valence electrons. The van der Waals surface area contributed by atoms with E-state index in [-0.39, 0.29) is 46.9 Å². The molecular formula is C33H33ClF2N4O4. The van der Waals surface area contributed by atoms with Crippen molar-refractivity contribution in [2.24, 2.45) is 5.92 Å². The van der Waals surface area contributed by atoms with Crippen molar-refractivity contribution in [2.45, 2.75) is 52.0 Å². The van der Waals surface area contributed by atoms with Gasteiger partial charge in [-0.25, -0.2) is 13.6 Å². The van der Waals surface area contributed by atoms with E-state index >= 15 is 0 Å². The Morgan fingerprint density at radius 1 is 1.11 bits per heavy atom. The van der Waals surface area contributed by atoms with Crippen molar-refractivity contribution in [1.29, 1.82) is 0 Å². The second-order valence-electron chi connectivity index (χ2n) is 11.1. The molecule has 2 N–H and O–H groups in total. The molecule has 0 radical (unpaired) electrons. The molecule has 11 heteroatoms. The summed E-state index contributed by atoms with van der Waals surface area (Å²) in [5.41, 5.74) is 3.38. The Morgan fingerprint density at radius 3 is 2.66 bits per heavy atom. The monoisotopic (exact) mass is 622 g/mol. The van der Waals surface area contributed by atoms with Crippen molar-refractivity contribution >= 4 is 46.5 Å². The molecule has 1 aromatic heterocycles. The summed E-state index contributed by atoms with van der Waals surface area (Å²) >= 11 is 5.95. The van der Waals surface area contributed by atoms with Crippen LogP contribution in [-0.4, -0.2) is 41.4 Å². The highest BCUT2D eigenvalue weighted by Crippen LogP contribution is 2.39. The molecule has 44 heavy (non-hydrogen) atoms. The fourth-order valence-electron chi connectivity index (χ4n) is 5.86. The SMILES string of the molecule is COC(=O)Nc1ccc2c(c1)NC(=O)[C@H](C)CCCC[C@H](N1CCC(c3c(F)ccc(Cl)c3F)=C(C)C1=O)c1cc-2ccn1. The van der Waals surface area contributed by atoms with Crippen LogP contribution >= 0.6 is 11.6 Å². The van der Waals surface area contributed by atoms with Crippen molar-refractivity contribution in [2.75, 3.05) is 24.3 Å². The Balaban J connectivity index is 1.55. The lowest BCUT2D eigenvalue weighted by atomic mass is 9.90. The number of amides is 3. The van der Waals surface area contributed by atoms with Gasteiger partial charge in [-0.3, -0.25) is 19.9 Å². The Bertz CT molecular complexity index is 1660. The van der Waals surface area contributed by atoms with Gasteiger partial charge in [0, 0.05) is 35.5 Å². The number of methoxy groups -OCH3 is 1. The van der Waals surface area contributed by atoms with Crippen LogP contribution in [0.1, 0.15) is 63.3 Å². The maximum atomic E-state index is 14.9.